The summed E-state index contributed by atoms with van der Waals surface area (Å²) in [5.41, 5.74) is 2.35. The van der Waals surface area contributed by atoms with E-state index in [0.717, 1.165) is 18.1 Å². The molecule has 0 aliphatic carbocycles. The maximum atomic E-state index is 12.4. The molecule has 0 saturated heterocycles. The minimum absolute atomic E-state index is 0.327. The molecule has 136 valence electrons. The molecule has 0 aliphatic rings. The van der Waals surface area contributed by atoms with Crippen LogP contribution in [0.25, 0.3) is 22.3 Å². The number of alkyl halides is 3. The number of aromatic nitrogens is 3. The predicted octanol–water partition coefficient (Wildman–Crippen LogP) is 2.99. The summed E-state index contributed by atoms with van der Waals surface area (Å²) in [7, 11) is 0. The molecule has 10 heteroatoms. The monoisotopic (exact) mass is 365 g/mol. The molecule has 0 fully saturated rings. The van der Waals surface area contributed by atoms with Crippen LogP contribution < -0.4 is 16.3 Å². The van der Waals surface area contributed by atoms with Gasteiger partial charge in [0.25, 0.3) is 0 Å². The number of amides is 2. The topological polar surface area (TPSA) is 103 Å². The minimum atomic E-state index is -4.51. The normalized spacial score (nSPS) is 12.8. The van der Waals surface area contributed by atoms with Crippen LogP contribution in [0.2, 0.25) is 0 Å². The van der Waals surface area contributed by atoms with Crippen LogP contribution in [0.1, 0.15) is 6.92 Å². The van der Waals surface area contributed by atoms with Crippen molar-refractivity contribution in [3.8, 4) is 11.1 Å². The molecular weight excluding hydrogens is 351 g/mol. The van der Waals surface area contributed by atoms with Crippen molar-refractivity contribution in [3.63, 3.8) is 0 Å². The lowest BCUT2D eigenvalue weighted by Crippen LogP contribution is -2.44. The van der Waals surface area contributed by atoms with Gasteiger partial charge in [0.15, 0.2) is 5.65 Å². The second kappa shape index (κ2) is 6.54. The van der Waals surface area contributed by atoms with Crippen molar-refractivity contribution in [3.05, 3.63) is 47.0 Å². The molecule has 0 spiro atoms. The van der Waals surface area contributed by atoms with E-state index >= 15 is 0 Å². The molecular formula is C16H14F3N5O2. The lowest BCUT2D eigenvalue weighted by Gasteiger charge is -2.17. The average molecular weight is 365 g/mol. The number of carbonyl (C=O) groups is 1. The lowest BCUT2D eigenvalue weighted by molar-refractivity contribution is -0.148. The van der Waals surface area contributed by atoms with Gasteiger partial charge in [0, 0.05) is 17.4 Å². The molecule has 2 heterocycles. The van der Waals surface area contributed by atoms with Crippen LogP contribution in [-0.4, -0.2) is 33.2 Å². The third-order valence-electron chi connectivity index (χ3n) is 3.71. The first kappa shape index (κ1) is 17.5. The van der Waals surface area contributed by atoms with Crippen molar-refractivity contribution in [1.29, 1.82) is 0 Å². The molecule has 26 heavy (non-hydrogen) atoms. The zero-order valence-electron chi connectivity index (χ0n) is 13.4. The molecule has 0 bridgehead atoms. The Kier molecular flexibility index (Phi) is 4.41. The standard InChI is InChI=1S/C16H14F3N5O2/c1-8(16(17,18)19)21-14(25)22-10-4-2-9(3-5-10)11-6-7-20-13-12(11)23-15(26)24-13/h2-8H,1H3,(H2,21,22,25)(H2,20,23,24,26). The van der Waals surface area contributed by atoms with Crippen molar-refractivity contribution in [1.82, 2.24) is 20.3 Å². The Hall–Kier alpha value is -3.30. The molecule has 0 aliphatic heterocycles. The lowest BCUT2D eigenvalue weighted by atomic mass is 10.1. The van der Waals surface area contributed by atoms with Crippen LogP contribution in [0.15, 0.2) is 41.3 Å². The number of H-pyrrole nitrogens is 2. The van der Waals surface area contributed by atoms with Gasteiger partial charge in [-0.2, -0.15) is 13.2 Å². The highest BCUT2D eigenvalue weighted by molar-refractivity contribution is 5.92. The number of nitrogens with zero attached hydrogens (tertiary/aromatic N) is 1. The number of imidazole rings is 1. The number of rotatable bonds is 3. The summed E-state index contributed by atoms with van der Waals surface area (Å²) < 4.78 is 37.3. The van der Waals surface area contributed by atoms with Crippen LogP contribution >= 0.6 is 0 Å². The number of carbonyl (C=O) groups excluding carboxylic acids is 1. The van der Waals surface area contributed by atoms with Gasteiger partial charge < -0.3 is 15.6 Å². The number of nitrogens with one attached hydrogen (secondary N) is 4. The van der Waals surface area contributed by atoms with Gasteiger partial charge in [-0.1, -0.05) is 12.1 Å². The highest BCUT2D eigenvalue weighted by Crippen LogP contribution is 2.26. The smallest absolute Gasteiger partial charge is 0.326 e. The number of urea groups is 1. The van der Waals surface area contributed by atoms with E-state index in [1.54, 1.807) is 36.5 Å². The van der Waals surface area contributed by atoms with Gasteiger partial charge in [0.2, 0.25) is 0 Å². The van der Waals surface area contributed by atoms with Crippen molar-refractivity contribution in [2.24, 2.45) is 0 Å². The van der Waals surface area contributed by atoms with E-state index in [-0.39, 0.29) is 5.69 Å². The first-order chi connectivity index (χ1) is 12.2. The number of hydrogen-bond acceptors (Lipinski definition) is 3. The van der Waals surface area contributed by atoms with Crippen molar-refractivity contribution in [2.45, 2.75) is 19.1 Å². The third-order valence-corrected chi connectivity index (χ3v) is 3.71. The Labute approximate surface area is 144 Å². The molecule has 4 N–H and O–H groups in total. The maximum Gasteiger partial charge on any atom is 0.408 e. The van der Waals surface area contributed by atoms with Crippen molar-refractivity contribution in [2.75, 3.05) is 5.32 Å². The summed E-state index contributed by atoms with van der Waals surface area (Å²) >= 11 is 0. The van der Waals surface area contributed by atoms with Gasteiger partial charge in [-0.25, -0.2) is 14.6 Å². The van der Waals surface area contributed by atoms with Crippen LogP contribution in [-0.2, 0) is 0 Å². The molecule has 0 radical (unpaired) electrons. The number of pyridine rings is 1. The van der Waals surface area contributed by atoms with Crippen molar-refractivity contribution >= 4 is 22.9 Å². The quantitative estimate of drug-likeness (QED) is 0.574. The Morgan fingerprint density at radius 3 is 2.50 bits per heavy atom. The summed E-state index contributed by atoms with van der Waals surface area (Å²) in [5, 5.41) is 4.15. The minimum Gasteiger partial charge on any atom is -0.326 e. The van der Waals surface area contributed by atoms with E-state index < -0.39 is 18.2 Å². The molecule has 2 amide bonds. The zero-order chi connectivity index (χ0) is 18.9. The molecule has 0 saturated carbocycles. The SMILES string of the molecule is CC(NC(=O)Nc1ccc(-c2ccnc3[nH]c(=O)[nH]c23)cc1)C(F)(F)F. The third kappa shape index (κ3) is 3.68. The van der Waals surface area contributed by atoms with Crippen LogP contribution in [0, 0.1) is 0 Å². The fourth-order valence-electron chi connectivity index (χ4n) is 2.35. The fourth-order valence-corrected chi connectivity index (χ4v) is 2.35. The van der Waals surface area contributed by atoms with Gasteiger partial charge in [-0.15, -0.1) is 0 Å². The molecule has 2 aromatic heterocycles. The Balaban J connectivity index is 1.76. The number of aromatic amines is 2. The van der Waals surface area contributed by atoms with Gasteiger partial charge in [-0.3, -0.25) is 4.98 Å². The summed E-state index contributed by atoms with van der Waals surface area (Å²) in [6.07, 6.45) is -2.97. The Morgan fingerprint density at radius 1 is 1.15 bits per heavy atom. The molecule has 1 aromatic carbocycles. The van der Waals surface area contributed by atoms with Crippen LogP contribution in [0.3, 0.4) is 0 Å². The number of fused-ring (bicyclic) bond motifs is 1. The Bertz CT molecular complexity index is 992. The van der Waals surface area contributed by atoms with E-state index in [9.17, 15) is 22.8 Å². The van der Waals surface area contributed by atoms with Gasteiger partial charge in [0.05, 0.1) is 5.52 Å². The molecule has 7 nitrogen and oxygen atoms in total. The first-order valence-electron chi connectivity index (χ1n) is 7.56. The Morgan fingerprint density at radius 2 is 1.85 bits per heavy atom. The number of benzene rings is 1. The average Bonchev–Trinajstić information content (AvgIpc) is 2.94. The number of halogens is 3. The molecule has 1 atom stereocenters. The summed E-state index contributed by atoms with van der Waals surface area (Å²) in [5.74, 6) is 0. The largest absolute Gasteiger partial charge is 0.408 e. The molecule has 1 unspecified atom stereocenters. The first-order valence-corrected chi connectivity index (χ1v) is 7.56. The highest BCUT2D eigenvalue weighted by atomic mass is 19.4. The summed E-state index contributed by atoms with van der Waals surface area (Å²) in [6.45, 7) is 0.856. The van der Waals surface area contributed by atoms with E-state index in [0.29, 0.717) is 16.9 Å². The fraction of sp³-hybridized carbons (Fsp3) is 0.188. The van der Waals surface area contributed by atoms with E-state index in [4.69, 9.17) is 0 Å². The van der Waals surface area contributed by atoms with Crippen LogP contribution in [0.5, 0.6) is 0 Å². The van der Waals surface area contributed by atoms with E-state index in [1.165, 1.54) is 0 Å². The van der Waals surface area contributed by atoms with Gasteiger partial charge in [-0.05, 0) is 30.7 Å². The summed E-state index contributed by atoms with van der Waals surface area (Å²) in [6, 6.07) is 5.23. The van der Waals surface area contributed by atoms with Crippen molar-refractivity contribution < 1.29 is 18.0 Å². The van der Waals surface area contributed by atoms with Crippen LogP contribution in [0.4, 0.5) is 23.7 Å². The zero-order valence-corrected chi connectivity index (χ0v) is 13.4. The second-order valence-corrected chi connectivity index (χ2v) is 5.60. The van der Waals surface area contributed by atoms with E-state index in [1.807, 2.05) is 5.32 Å². The van der Waals surface area contributed by atoms with Gasteiger partial charge in [0.1, 0.15) is 6.04 Å². The van der Waals surface area contributed by atoms with E-state index in [2.05, 4.69) is 20.3 Å². The van der Waals surface area contributed by atoms with Gasteiger partial charge >= 0.3 is 17.9 Å². The predicted molar refractivity (Wildman–Crippen MR) is 89.8 cm³/mol. The summed E-state index contributed by atoms with van der Waals surface area (Å²) in [4.78, 5) is 32.3. The maximum absolute atomic E-state index is 12.4. The molecule has 3 rings (SSSR count). The number of hydrogen-bond donors (Lipinski definition) is 4. The second-order valence-electron chi connectivity index (χ2n) is 5.60. The highest BCUT2D eigenvalue weighted by Gasteiger charge is 2.36. The molecule has 3 aromatic rings. The number of anilines is 1.